The lowest BCUT2D eigenvalue weighted by molar-refractivity contribution is 0.254. The van der Waals surface area contributed by atoms with Crippen molar-refractivity contribution in [3.8, 4) is 0 Å². The van der Waals surface area contributed by atoms with E-state index in [2.05, 4.69) is 31.5 Å². The maximum absolute atomic E-state index is 12.7. The Morgan fingerprint density at radius 2 is 2.00 bits per heavy atom. The minimum atomic E-state index is 0.0707. The van der Waals surface area contributed by atoms with Crippen molar-refractivity contribution in [1.29, 1.82) is 0 Å². The first-order valence-corrected chi connectivity index (χ1v) is 8.49. The summed E-state index contributed by atoms with van der Waals surface area (Å²) in [6, 6.07) is 0. The van der Waals surface area contributed by atoms with E-state index >= 15 is 0 Å². The van der Waals surface area contributed by atoms with Gasteiger partial charge >= 0.3 is 0 Å². The molecule has 2 aromatic heterocycles. The van der Waals surface area contributed by atoms with Crippen LogP contribution in [0, 0.1) is 19.3 Å². The fourth-order valence-electron chi connectivity index (χ4n) is 2.49. The molecular formula is C15H22N2OS2. The predicted octanol–water partition coefficient (Wildman–Crippen LogP) is 3.81. The minimum absolute atomic E-state index is 0.0707. The molecule has 0 radical (unpaired) electrons. The molecule has 0 atom stereocenters. The molecule has 3 nitrogen and oxygen atoms in total. The van der Waals surface area contributed by atoms with Crippen molar-refractivity contribution in [2.75, 3.05) is 5.75 Å². The molecule has 0 aliphatic carbocycles. The Bertz CT molecular complexity index is 660. The number of fused-ring (bicyclic) bond motifs is 1. The first-order chi connectivity index (χ1) is 9.48. The molecule has 20 heavy (non-hydrogen) atoms. The van der Waals surface area contributed by atoms with Crippen LogP contribution in [-0.2, 0) is 6.54 Å². The molecule has 110 valence electrons. The second-order valence-corrected chi connectivity index (χ2v) is 7.03. The highest BCUT2D eigenvalue weighted by molar-refractivity contribution is 7.80. The highest BCUT2D eigenvalue weighted by Crippen LogP contribution is 2.30. The summed E-state index contributed by atoms with van der Waals surface area (Å²) in [5.41, 5.74) is 1.23. The fraction of sp³-hybridized carbons (Fsp3) is 0.600. The largest absolute Gasteiger partial charge is 0.298 e. The van der Waals surface area contributed by atoms with Crippen LogP contribution in [0.1, 0.15) is 37.1 Å². The molecule has 0 aliphatic heterocycles. The second kappa shape index (κ2) is 5.90. The van der Waals surface area contributed by atoms with E-state index < -0.39 is 0 Å². The normalized spacial score (nSPS) is 12.2. The van der Waals surface area contributed by atoms with Gasteiger partial charge in [-0.05, 0) is 43.4 Å². The maximum Gasteiger partial charge on any atom is 0.262 e. The molecule has 5 heteroatoms. The van der Waals surface area contributed by atoms with Crippen molar-refractivity contribution in [3.63, 3.8) is 0 Å². The predicted molar refractivity (Wildman–Crippen MR) is 90.2 cm³/mol. The molecule has 0 aromatic carbocycles. The fourth-order valence-corrected chi connectivity index (χ4v) is 4.03. The zero-order valence-corrected chi connectivity index (χ0v) is 14.3. The van der Waals surface area contributed by atoms with E-state index in [9.17, 15) is 4.79 Å². The molecule has 2 heterocycles. The first-order valence-electron chi connectivity index (χ1n) is 7.04. The van der Waals surface area contributed by atoms with Gasteiger partial charge < -0.3 is 0 Å². The molecule has 0 amide bonds. The van der Waals surface area contributed by atoms with Crippen LogP contribution in [0.2, 0.25) is 0 Å². The van der Waals surface area contributed by atoms with Crippen LogP contribution in [0.3, 0.4) is 0 Å². The second-order valence-electron chi connectivity index (χ2n) is 5.51. The molecular weight excluding hydrogens is 288 g/mol. The van der Waals surface area contributed by atoms with Gasteiger partial charge in [0.05, 0.1) is 11.7 Å². The first kappa shape index (κ1) is 15.6. The summed E-state index contributed by atoms with van der Waals surface area (Å²) in [5.74, 6) is 0.784. The lowest BCUT2D eigenvalue weighted by Gasteiger charge is -2.30. The molecule has 0 N–H and O–H groups in total. The van der Waals surface area contributed by atoms with E-state index in [4.69, 9.17) is 0 Å². The summed E-state index contributed by atoms with van der Waals surface area (Å²) in [4.78, 5) is 19.2. The van der Waals surface area contributed by atoms with Crippen LogP contribution in [0.4, 0.5) is 0 Å². The number of hydrogen-bond donors (Lipinski definition) is 1. The molecule has 0 unspecified atom stereocenters. The summed E-state index contributed by atoms with van der Waals surface area (Å²) >= 11 is 6.09. The summed E-state index contributed by atoms with van der Waals surface area (Å²) < 4.78 is 1.77. The van der Waals surface area contributed by atoms with Gasteiger partial charge in [0.1, 0.15) is 4.83 Å². The van der Waals surface area contributed by atoms with Crippen LogP contribution >= 0.6 is 24.0 Å². The average Bonchev–Trinajstić information content (AvgIpc) is 2.75. The minimum Gasteiger partial charge on any atom is -0.298 e. The molecule has 2 aromatic rings. The van der Waals surface area contributed by atoms with Gasteiger partial charge in [-0.25, -0.2) is 4.98 Å². The lowest BCUT2D eigenvalue weighted by atomic mass is 9.84. The highest BCUT2D eigenvalue weighted by atomic mass is 32.1. The molecule has 0 saturated carbocycles. The number of hydrogen-bond acceptors (Lipinski definition) is 4. The Kier molecular flexibility index (Phi) is 4.59. The molecule has 0 spiro atoms. The van der Waals surface area contributed by atoms with Crippen molar-refractivity contribution < 1.29 is 0 Å². The molecule has 0 fully saturated rings. The summed E-state index contributed by atoms with van der Waals surface area (Å²) in [6.45, 7) is 9.07. The van der Waals surface area contributed by atoms with Crippen molar-refractivity contribution in [3.05, 3.63) is 27.1 Å². The quantitative estimate of drug-likeness (QED) is 0.852. The lowest BCUT2D eigenvalue weighted by Crippen LogP contribution is -2.33. The monoisotopic (exact) mass is 310 g/mol. The molecule has 0 aliphatic rings. The zero-order valence-electron chi connectivity index (χ0n) is 12.6. The van der Waals surface area contributed by atoms with E-state index in [1.807, 2.05) is 13.8 Å². The Hall–Kier alpha value is -0.810. The van der Waals surface area contributed by atoms with Gasteiger partial charge in [-0.3, -0.25) is 9.36 Å². The van der Waals surface area contributed by atoms with E-state index in [1.54, 1.807) is 22.2 Å². The highest BCUT2D eigenvalue weighted by Gasteiger charge is 2.26. The van der Waals surface area contributed by atoms with Crippen molar-refractivity contribution in [1.82, 2.24) is 9.55 Å². The van der Waals surface area contributed by atoms with Crippen LogP contribution in [-0.4, -0.2) is 15.3 Å². The Morgan fingerprint density at radius 3 is 2.55 bits per heavy atom. The topological polar surface area (TPSA) is 34.9 Å². The third-order valence-electron chi connectivity index (χ3n) is 4.50. The summed E-state index contributed by atoms with van der Waals surface area (Å²) in [6.07, 6.45) is 3.72. The summed E-state index contributed by atoms with van der Waals surface area (Å²) in [5, 5.41) is 0.787. The number of aryl methyl sites for hydroxylation is 2. The molecule has 0 bridgehead atoms. The number of thiol groups is 1. The van der Waals surface area contributed by atoms with Crippen molar-refractivity contribution in [2.24, 2.45) is 5.41 Å². The third-order valence-corrected chi connectivity index (χ3v) is 6.28. The van der Waals surface area contributed by atoms with Gasteiger partial charge in [0.15, 0.2) is 0 Å². The number of aromatic nitrogens is 2. The molecule has 2 rings (SSSR count). The Balaban J connectivity index is 2.54. The Labute approximate surface area is 129 Å². The van der Waals surface area contributed by atoms with Gasteiger partial charge in [-0.2, -0.15) is 12.6 Å². The van der Waals surface area contributed by atoms with E-state index in [0.29, 0.717) is 6.54 Å². The zero-order chi connectivity index (χ0) is 14.9. The van der Waals surface area contributed by atoms with E-state index in [1.165, 1.54) is 4.88 Å². The van der Waals surface area contributed by atoms with Crippen molar-refractivity contribution in [2.45, 2.75) is 47.1 Å². The molecule has 0 saturated heterocycles. The number of nitrogens with zero attached hydrogens (tertiary/aromatic N) is 2. The van der Waals surface area contributed by atoms with Gasteiger partial charge in [0, 0.05) is 11.4 Å². The van der Waals surface area contributed by atoms with Crippen LogP contribution in [0.15, 0.2) is 11.1 Å². The van der Waals surface area contributed by atoms with Gasteiger partial charge in [-0.15, -0.1) is 11.3 Å². The van der Waals surface area contributed by atoms with Crippen LogP contribution in [0.25, 0.3) is 10.2 Å². The summed E-state index contributed by atoms with van der Waals surface area (Å²) in [7, 11) is 0. The van der Waals surface area contributed by atoms with Crippen LogP contribution in [0.5, 0.6) is 0 Å². The van der Waals surface area contributed by atoms with Crippen LogP contribution < -0.4 is 5.56 Å². The smallest absolute Gasteiger partial charge is 0.262 e. The maximum atomic E-state index is 12.7. The SMILES string of the molecule is CCC(CC)(CS)Cn1cnc2sc(C)c(C)c2c1=O. The number of rotatable bonds is 5. The van der Waals surface area contributed by atoms with Gasteiger partial charge in [0.25, 0.3) is 5.56 Å². The standard InChI is InChI=1S/C15H22N2OS2/c1-5-15(6-2,8-19)7-17-9-16-13-12(14(17)18)10(3)11(4)20-13/h9,19H,5-8H2,1-4H3. The van der Waals surface area contributed by atoms with Gasteiger partial charge in [-0.1, -0.05) is 13.8 Å². The van der Waals surface area contributed by atoms with E-state index in [0.717, 1.165) is 34.4 Å². The third kappa shape index (κ3) is 2.53. The number of thiophene rings is 1. The van der Waals surface area contributed by atoms with E-state index in [-0.39, 0.29) is 11.0 Å². The van der Waals surface area contributed by atoms with Gasteiger partial charge in [0.2, 0.25) is 0 Å². The average molecular weight is 310 g/mol. The van der Waals surface area contributed by atoms with Crippen molar-refractivity contribution >= 4 is 34.2 Å². The Morgan fingerprint density at radius 1 is 1.35 bits per heavy atom.